The Kier molecular flexibility index (Phi) is 6.29. The number of hydrogen-bond donors (Lipinski definition) is 2. The van der Waals surface area contributed by atoms with Gasteiger partial charge in [-0.05, 0) is 25.5 Å². The Bertz CT molecular complexity index is 1170. The van der Waals surface area contributed by atoms with E-state index < -0.39 is 11.2 Å². The van der Waals surface area contributed by atoms with Crippen LogP contribution in [0.25, 0.3) is 11.0 Å². The molecule has 3 N–H and O–H groups in total. The van der Waals surface area contributed by atoms with Crippen molar-refractivity contribution in [2.75, 3.05) is 24.3 Å². The van der Waals surface area contributed by atoms with Crippen LogP contribution in [0.4, 0.5) is 11.5 Å². The number of amides is 1. The average molecular weight is 414 g/mol. The fourth-order valence-corrected chi connectivity index (χ4v) is 3.42. The number of nitrogens with one attached hydrogen (secondary N) is 1. The highest BCUT2D eigenvalue weighted by Crippen LogP contribution is 2.27. The number of likely N-dealkylation sites (N-methyl/N-ethyl adjacent to an activating group) is 1. The number of carbonyl (C=O) groups excluding carboxylic acids is 1. The number of fused-ring (bicyclic) bond motifs is 1. The van der Waals surface area contributed by atoms with Crippen molar-refractivity contribution in [3.05, 3.63) is 50.9 Å². The number of carbonyl (C=O) groups is 1. The number of furan rings is 1. The lowest BCUT2D eigenvalue weighted by Crippen LogP contribution is -2.41. The number of benzene rings is 1. The molecule has 0 aliphatic heterocycles. The zero-order valence-electron chi connectivity index (χ0n) is 17.4. The molecule has 0 saturated carbocycles. The summed E-state index contributed by atoms with van der Waals surface area (Å²) >= 11 is 0. The first-order valence-electron chi connectivity index (χ1n) is 9.88. The Hall–Kier alpha value is -3.49. The van der Waals surface area contributed by atoms with Crippen LogP contribution in [0.3, 0.4) is 0 Å². The van der Waals surface area contributed by atoms with Gasteiger partial charge < -0.3 is 19.8 Å². The van der Waals surface area contributed by atoms with E-state index in [1.165, 1.54) is 15.7 Å². The van der Waals surface area contributed by atoms with Crippen molar-refractivity contribution < 1.29 is 13.9 Å². The molecule has 9 heteroatoms. The van der Waals surface area contributed by atoms with Gasteiger partial charge in [-0.3, -0.25) is 19.1 Å². The number of rotatable bonds is 8. The molecule has 30 heavy (non-hydrogen) atoms. The molecule has 0 bridgehead atoms. The minimum atomic E-state index is -0.678. The summed E-state index contributed by atoms with van der Waals surface area (Å²) in [6, 6.07) is 5.35. The highest BCUT2D eigenvalue weighted by molar-refractivity contribution is 5.98. The van der Waals surface area contributed by atoms with Gasteiger partial charge in [-0.1, -0.05) is 13.3 Å². The molecule has 1 aromatic carbocycles. The predicted octanol–water partition coefficient (Wildman–Crippen LogP) is 2.27. The number of H-pyrrole nitrogens is 1. The average Bonchev–Trinajstić information content (AvgIpc) is 3.12. The molecule has 0 radical (unpaired) electrons. The SMILES string of the molecule is CCCCn1c(N)c(N(CC)C(=O)Cc2coc3cc(OC)ccc23)c(=O)[nH]c1=O. The molecule has 3 aromatic rings. The number of nitrogen functional groups attached to an aromatic ring is 1. The third-order valence-corrected chi connectivity index (χ3v) is 5.04. The van der Waals surface area contributed by atoms with Gasteiger partial charge in [0.2, 0.25) is 5.91 Å². The largest absolute Gasteiger partial charge is 0.497 e. The fraction of sp³-hybridized carbons (Fsp3) is 0.381. The summed E-state index contributed by atoms with van der Waals surface area (Å²) in [5, 5.41) is 0.787. The third kappa shape index (κ3) is 3.96. The molecular weight excluding hydrogens is 388 g/mol. The van der Waals surface area contributed by atoms with Gasteiger partial charge in [0.15, 0.2) is 5.69 Å². The summed E-state index contributed by atoms with van der Waals surface area (Å²) in [6.45, 7) is 4.32. The van der Waals surface area contributed by atoms with Crippen molar-refractivity contribution in [2.45, 2.75) is 39.7 Å². The molecule has 2 heterocycles. The molecule has 1 amide bonds. The molecule has 0 atom stereocenters. The van der Waals surface area contributed by atoms with Crippen molar-refractivity contribution in [1.29, 1.82) is 0 Å². The van der Waals surface area contributed by atoms with Crippen LogP contribution < -0.4 is 26.6 Å². The molecule has 0 aliphatic carbocycles. The van der Waals surface area contributed by atoms with E-state index in [1.807, 2.05) is 13.0 Å². The molecule has 0 fully saturated rings. The highest BCUT2D eigenvalue weighted by Gasteiger charge is 2.24. The van der Waals surface area contributed by atoms with Gasteiger partial charge in [-0.25, -0.2) is 4.79 Å². The van der Waals surface area contributed by atoms with E-state index in [1.54, 1.807) is 26.2 Å². The van der Waals surface area contributed by atoms with Crippen molar-refractivity contribution in [3.8, 4) is 5.75 Å². The first-order chi connectivity index (χ1) is 14.4. The van der Waals surface area contributed by atoms with Crippen LogP contribution in [-0.4, -0.2) is 29.1 Å². The molecule has 0 aliphatic rings. The molecule has 2 aromatic heterocycles. The first-order valence-corrected chi connectivity index (χ1v) is 9.88. The maximum atomic E-state index is 13.1. The normalized spacial score (nSPS) is 11.0. The summed E-state index contributed by atoms with van der Waals surface area (Å²) in [5.41, 5.74) is 6.18. The molecule has 0 saturated heterocycles. The number of hydrogen-bond acceptors (Lipinski definition) is 6. The third-order valence-electron chi connectivity index (χ3n) is 5.04. The maximum Gasteiger partial charge on any atom is 0.330 e. The number of ether oxygens (including phenoxy) is 1. The lowest BCUT2D eigenvalue weighted by atomic mass is 10.1. The Morgan fingerprint density at radius 1 is 1.30 bits per heavy atom. The van der Waals surface area contributed by atoms with Crippen molar-refractivity contribution >= 4 is 28.4 Å². The number of aromatic amines is 1. The molecular formula is C21H26N4O5. The number of anilines is 2. The van der Waals surface area contributed by atoms with E-state index in [0.717, 1.165) is 18.2 Å². The Morgan fingerprint density at radius 3 is 2.73 bits per heavy atom. The Labute approximate surface area is 173 Å². The maximum absolute atomic E-state index is 13.1. The minimum Gasteiger partial charge on any atom is -0.497 e. The number of nitrogens with zero attached hydrogens (tertiary/aromatic N) is 2. The molecule has 0 unspecified atom stereocenters. The van der Waals surface area contributed by atoms with E-state index >= 15 is 0 Å². The number of nitrogens with two attached hydrogens (primary N) is 1. The van der Waals surface area contributed by atoms with E-state index in [0.29, 0.717) is 23.4 Å². The zero-order valence-corrected chi connectivity index (χ0v) is 17.4. The monoisotopic (exact) mass is 414 g/mol. The summed E-state index contributed by atoms with van der Waals surface area (Å²) in [5.74, 6) is 0.321. The van der Waals surface area contributed by atoms with Crippen LogP contribution in [0.5, 0.6) is 5.75 Å². The van der Waals surface area contributed by atoms with Crippen molar-refractivity contribution in [1.82, 2.24) is 9.55 Å². The van der Waals surface area contributed by atoms with E-state index in [9.17, 15) is 14.4 Å². The number of methoxy groups -OCH3 is 1. The lowest BCUT2D eigenvalue weighted by Gasteiger charge is -2.23. The summed E-state index contributed by atoms with van der Waals surface area (Å²) in [6.07, 6.45) is 3.11. The van der Waals surface area contributed by atoms with Crippen molar-refractivity contribution in [2.24, 2.45) is 0 Å². The second-order valence-corrected chi connectivity index (χ2v) is 6.94. The van der Waals surface area contributed by atoms with Crippen LogP contribution in [0, 0.1) is 0 Å². The van der Waals surface area contributed by atoms with Crippen LogP contribution >= 0.6 is 0 Å². The smallest absolute Gasteiger partial charge is 0.330 e. The van der Waals surface area contributed by atoms with Crippen LogP contribution in [0.1, 0.15) is 32.3 Å². The fourth-order valence-electron chi connectivity index (χ4n) is 3.42. The van der Waals surface area contributed by atoms with Gasteiger partial charge in [-0.2, -0.15) is 0 Å². The Morgan fingerprint density at radius 2 is 2.07 bits per heavy atom. The molecule has 160 valence electrons. The van der Waals surface area contributed by atoms with E-state index in [2.05, 4.69) is 4.98 Å². The van der Waals surface area contributed by atoms with Gasteiger partial charge in [-0.15, -0.1) is 0 Å². The number of aromatic nitrogens is 2. The minimum absolute atomic E-state index is 0.00538. The van der Waals surface area contributed by atoms with Gasteiger partial charge in [0, 0.05) is 30.1 Å². The van der Waals surface area contributed by atoms with Crippen LogP contribution in [-0.2, 0) is 17.8 Å². The number of unbranched alkanes of at least 4 members (excludes halogenated alkanes) is 1. The second-order valence-electron chi connectivity index (χ2n) is 6.94. The summed E-state index contributed by atoms with van der Waals surface area (Å²) in [4.78, 5) is 41.3. The van der Waals surface area contributed by atoms with E-state index in [-0.39, 0.29) is 30.4 Å². The highest BCUT2D eigenvalue weighted by atomic mass is 16.5. The van der Waals surface area contributed by atoms with Gasteiger partial charge in [0.25, 0.3) is 5.56 Å². The van der Waals surface area contributed by atoms with Crippen LogP contribution in [0.2, 0.25) is 0 Å². The van der Waals surface area contributed by atoms with Gasteiger partial charge >= 0.3 is 5.69 Å². The predicted molar refractivity (Wildman–Crippen MR) is 115 cm³/mol. The lowest BCUT2D eigenvalue weighted by molar-refractivity contribution is -0.117. The Balaban J connectivity index is 1.96. The quantitative estimate of drug-likeness (QED) is 0.583. The second kappa shape index (κ2) is 8.89. The zero-order chi connectivity index (χ0) is 21.8. The topological polar surface area (TPSA) is 124 Å². The van der Waals surface area contributed by atoms with E-state index in [4.69, 9.17) is 14.9 Å². The molecule has 9 nitrogen and oxygen atoms in total. The molecule has 0 spiro atoms. The van der Waals surface area contributed by atoms with Crippen LogP contribution in [0.15, 0.2) is 38.5 Å². The standard InChI is InChI=1S/C21H26N4O5/c1-4-6-9-25-19(22)18(20(27)23-21(25)28)24(5-2)17(26)10-13-12-30-16-11-14(29-3)7-8-15(13)16/h7-8,11-12H,4-6,9-10,22H2,1-3H3,(H,23,27,28). The van der Waals surface area contributed by atoms with Crippen molar-refractivity contribution in [3.63, 3.8) is 0 Å². The summed E-state index contributed by atoms with van der Waals surface area (Å²) < 4.78 is 12.0. The first kappa shape index (κ1) is 21.2. The van der Waals surface area contributed by atoms with Gasteiger partial charge in [0.05, 0.1) is 19.8 Å². The molecule has 3 rings (SSSR count). The summed E-state index contributed by atoms with van der Waals surface area (Å²) in [7, 11) is 1.57. The van der Waals surface area contributed by atoms with Gasteiger partial charge in [0.1, 0.15) is 17.2 Å².